The molecule has 0 radical (unpaired) electrons. The standard InChI is InChI=1S/C23H19NO4S/c25-18(19-2-1-9-29-19)11-28-13-5-3-12(4-6-13)24-22(26)20-14-7-8-15(17-10-16(14)17)21(20)23(24)27/h1-9,14-17,20-21H,10-11H2/t14-,15-,16-,17+,20+,21-/m1/s1. The zero-order valence-corrected chi connectivity index (χ0v) is 16.4. The van der Waals surface area contributed by atoms with Crippen LogP contribution in [0.25, 0.3) is 0 Å². The first-order valence-electron chi connectivity index (χ1n) is 9.99. The predicted octanol–water partition coefficient (Wildman–Crippen LogP) is 3.57. The molecule has 1 aliphatic heterocycles. The smallest absolute Gasteiger partial charge is 0.238 e. The molecule has 6 atom stereocenters. The number of benzene rings is 1. The summed E-state index contributed by atoms with van der Waals surface area (Å²) in [6.07, 6.45) is 5.51. The van der Waals surface area contributed by atoms with E-state index in [0.717, 1.165) is 6.42 Å². The number of hydrogen-bond donors (Lipinski definition) is 0. The van der Waals surface area contributed by atoms with E-state index in [2.05, 4.69) is 12.2 Å². The van der Waals surface area contributed by atoms with Crippen molar-refractivity contribution in [3.05, 3.63) is 58.8 Å². The highest BCUT2D eigenvalue weighted by Gasteiger charge is 2.67. The molecule has 1 aromatic heterocycles. The van der Waals surface area contributed by atoms with Crippen molar-refractivity contribution in [1.29, 1.82) is 0 Å². The summed E-state index contributed by atoms with van der Waals surface area (Å²) in [5.74, 6) is 1.60. The predicted molar refractivity (Wildman–Crippen MR) is 108 cm³/mol. The Labute approximate surface area is 172 Å². The van der Waals surface area contributed by atoms with Crippen molar-refractivity contribution in [2.75, 3.05) is 11.5 Å². The van der Waals surface area contributed by atoms with Crippen LogP contribution in [0.5, 0.6) is 5.75 Å². The molecule has 1 aromatic carbocycles. The molecule has 3 fully saturated rings. The highest BCUT2D eigenvalue weighted by Crippen LogP contribution is 2.65. The number of hydrogen-bond acceptors (Lipinski definition) is 5. The molecule has 2 aromatic rings. The second-order valence-electron chi connectivity index (χ2n) is 8.35. The second kappa shape index (κ2) is 6.13. The molecular weight excluding hydrogens is 386 g/mol. The summed E-state index contributed by atoms with van der Waals surface area (Å²) in [5, 5.41) is 1.86. The van der Waals surface area contributed by atoms with E-state index in [0.29, 0.717) is 28.1 Å². The second-order valence-corrected chi connectivity index (χ2v) is 9.30. The van der Waals surface area contributed by atoms with Gasteiger partial charge >= 0.3 is 0 Å². The summed E-state index contributed by atoms with van der Waals surface area (Å²) in [5.41, 5.74) is 0.583. The maximum Gasteiger partial charge on any atom is 0.238 e. The van der Waals surface area contributed by atoms with Crippen molar-refractivity contribution >= 4 is 34.6 Å². The molecule has 1 saturated heterocycles. The van der Waals surface area contributed by atoms with Gasteiger partial charge in [0.25, 0.3) is 0 Å². The summed E-state index contributed by atoms with van der Waals surface area (Å²) in [4.78, 5) is 40.4. The highest BCUT2D eigenvalue weighted by molar-refractivity contribution is 7.12. The normalized spacial score (nSPS) is 33.6. The van der Waals surface area contributed by atoms with E-state index in [9.17, 15) is 14.4 Å². The SMILES string of the molecule is O=C(COc1ccc(N2C(=O)[C@@H]3[C@@H]4C=C[C@H]([C@H]5C[C@@H]45)[C@@H]3C2=O)cc1)c1cccs1. The molecule has 0 unspecified atom stereocenters. The molecule has 0 spiro atoms. The molecule has 29 heavy (non-hydrogen) atoms. The molecule has 2 heterocycles. The lowest BCUT2D eigenvalue weighted by molar-refractivity contribution is -0.124. The summed E-state index contributed by atoms with van der Waals surface area (Å²) in [7, 11) is 0. The lowest BCUT2D eigenvalue weighted by atomic mass is 9.63. The molecule has 5 nitrogen and oxygen atoms in total. The maximum atomic E-state index is 13.1. The van der Waals surface area contributed by atoms with Gasteiger partial charge in [-0.05, 0) is 65.8 Å². The van der Waals surface area contributed by atoms with Gasteiger partial charge in [0.15, 0.2) is 6.61 Å². The summed E-state index contributed by atoms with van der Waals surface area (Å²) < 4.78 is 5.58. The zero-order chi connectivity index (χ0) is 19.7. The molecule has 0 N–H and O–H groups in total. The zero-order valence-electron chi connectivity index (χ0n) is 15.6. The Bertz CT molecular complexity index is 1010. The van der Waals surface area contributed by atoms with E-state index >= 15 is 0 Å². The number of carbonyl (C=O) groups excluding carboxylic acids is 3. The Kier molecular flexibility index (Phi) is 3.63. The Morgan fingerprint density at radius 1 is 1.00 bits per heavy atom. The van der Waals surface area contributed by atoms with Crippen LogP contribution in [0.4, 0.5) is 5.69 Å². The van der Waals surface area contributed by atoms with Gasteiger partial charge in [-0.25, -0.2) is 0 Å². The quantitative estimate of drug-likeness (QED) is 0.433. The van der Waals surface area contributed by atoms with E-state index in [4.69, 9.17) is 4.74 Å². The molecule has 146 valence electrons. The Morgan fingerprint density at radius 2 is 1.66 bits per heavy atom. The molecule has 6 heteroatoms. The average Bonchev–Trinajstić information content (AvgIpc) is 3.31. The van der Waals surface area contributed by atoms with Gasteiger partial charge < -0.3 is 4.74 Å². The van der Waals surface area contributed by atoms with Crippen LogP contribution < -0.4 is 9.64 Å². The average molecular weight is 405 g/mol. The number of amides is 2. The van der Waals surface area contributed by atoms with Crippen molar-refractivity contribution in [2.45, 2.75) is 6.42 Å². The lowest BCUT2D eigenvalue weighted by Crippen LogP contribution is -2.40. The van der Waals surface area contributed by atoms with E-state index in [1.165, 1.54) is 16.2 Å². The van der Waals surface area contributed by atoms with Gasteiger partial charge in [-0.15, -0.1) is 11.3 Å². The van der Waals surface area contributed by atoms with Crippen LogP contribution >= 0.6 is 11.3 Å². The Morgan fingerprint density at radius 3 is 2.24 bits per heavy atom. The van der Waals surface area contributed by atoms with Gasteiger partial charge in [0.1, 0.15) is 5.75 Å². The van der Waals surface area contributed by atoms with Gasteiger partial charge in [0.05, 0.1) is 22.4 Å². The fraction of sp³-hybridized carbons (Fsp3) is 0.348. The van der Waals surface area contributed by atoms with Gasteiger partial charge in [-0.3, -0.25) is 19.3 Å². The van der Waals surface area contributed by atoms with Gasteiger partial charge in [0, 0.05) is 0 Å². The minimum Gasteiger partial charge on any atom is -0.485 e. The number of rotatable bonds is 5. The summed E-state index contributed by atoms with van der Waals surface area (Å²) in [6.45, 7) is -0.0383. The topological polar surface area (TPSA) is 63.7 Å². The number of thiophene rings is 1. The van der Waals surface area contributed by atoms with E-state index in [1.807, 2.05) is 11.4 Å². The van der Waals surface area contributed by atoms with Crippen LogP contribution in [0.2, 0.25) is 0 Å². The van der Waals surface area contributed by atoms with Crippen LogP contribution in [0, 0.1) is 35.5 Å². The number of ketones is 1. The van der Waals surface area contributed by atoms with E-state index in [-0.39, 0.29) is 47.9 Å². The number of allylic oxidation sites excluding steroid dienone is 2. The molecular formula is C23H19NO4S. The van der Waals surface area contributed by atoms with Crippen LogP contribution in [0.1, 0.15) is 16.1 Å². The van der Waals surface area contributed by atoms with Gasteiger partial charge in [-0.1, -0.05) is 18.2 Å². The third-order valence-corrected chi connectivity index (χ3v) is 7.83. The molecule has 7 rings (SSSR count). The van der Waals surface area contributed by atoms with Crippen molar-refractivity contribution in [2.24, 2.45) is 35.5 Å². The Balaban J connectivity index is 1.19. The molecule has 4 aliphatic carbocycles. The van der Waals surface area contributed by atoms with Crippen molar-refractivity contribution in [3.8, 4) is 5.75 Å². The highest BCUT2D eigenvalue weighted by atomic mass is 32.1. The van der Waals surface area contributed by atoms with Crippen molar-refractivity contribution < 1.29 is 19.1 Å². The number of carbonyl (C=O) groups is 3. The monoisotopic (exact) mass is 405 g/mol. The number of ether oxygens (including phenoxy) is 1. The first-order chi connectivity index (χ1) is 14.1. The summed E-state index contributed by atoms with van der Waals surface area (Å²) >= 11 is 1.39. The third kappa shape index (κ3) is 2.48. The number of nitrogens with zero attached hydrogens (tertiary/aromatic N) is 1. The van der Waals surface area contributed by atoms with E-state index in [1.54, 1.807) is 30.3 Å². The van der Waals surface area contributed by atoms with Crippen LogP contribution in [-0.2, 0) is 9.59 Å². The number of Topliss-reactive ketones (excluding diaryl/α,β-unsaturated/α-hetero) is 1. The number of imide groups is 1. The summed E-state index contributed by atoms with van der Waals surface area (Å²) in [6, 6.07) is 10.5. The fourth-order valence-electron chi connectivity index (χ4n) is 5.56. The molecule has 2 amide bonds. The maximum absolute atomic E-state index is 13.1. The minimum absolute atomic E-state index is 0.0383. The Hall–Kier alpha value is -2.73. The van der Waals surface area contributed by atoms with E-state index < -0.39 is 0 Å². The fourth-order valence-corrected chi connectivity index (χ4v) is 6.21. The van der Waals surface area contributed by atoms with Crippen LogP contribution in [-0.4, -0.2) is 24.2 Å². The van der Waals surface area contributed by atoms with Crippen molar-refractivity contribution in [1.82, 2.24) is 0 Å². The van der Waals surface area contributed by atoms with Crippen LogP contribution in [0.15, 0.2) is 53.9 Å². The first kappa shape index (κ1) is 17.2. The van der Waals surface area contributed by atoms with Crippen LogP contribution in [0.3, 0.4) is 0 Å². The van der Waals surface area contributed by atoms with Crippen molar-refractivity contribution in [3.63, 3.8) is 0 Å². The van der Waals surface area contributed by atoms with Gasteiger partial charge in [0.2, 0.25) is 17.6 Å². The minimum atomic E-state index is -0.194. The van der Waals surface area contributed by atoms with Gasteiger partial charge in [-0.2, -0.15) is 0 Å². The first-order valence-corrected chi connectivity index (χ1v) is 10.9. The molecule has 2 bridgehead atoms. The molecule has 2 saturated carbocycles. The largest absolute Gasteiger partial charge is 0.485 e. The number of anilines is 1. The lowest BCUT2D eigenvalue weighted by Gasteiger charge is -2.37. The molecule has 5 aliphatic rings. The third-order valence-electron chi connectivity index (χ3n) is 6.92.